The zero-order valence-electron chi connectivity index (χ0n) is 8.26. The van der Waals surface area contributed by atoms with Crippen LogP contribution < -0.4 is 0 Å². The van der Waals surface area contributed by atoms with Crippen molar-refractivity contribution in [3.8, 4) is 0 Å². The van der Waals surface area contributed by atoms with Crippen LogP contribution in [0.1, 0.15) is 11.1 Å². The number of benzene rings is 2. The van der Waals surface area contributed by atoms with Crippen molar-refractivity contribution in [1.82, 2.24) is 0 Å². The smallest absolute Gasteiger partial charge is 0.0264 e. The second-order valence-electron chi connectivity index (χ2n) is 3.51. The Morgan fingerprint density at radius 3 is 2.64 bits per heavy atom. The zero-order chi connectivity index (χ0) is 9.97. The fourth-order valence-corrected chi connectivity index (χ4v) is 2.05. The summed E-state index contributed by atoms with van der Waals surface area (Å²) in [4.78, 5) is 0. The molecule has 2 aromatic rings. The second-order valence-corrected chi connectivity index (χ2v) is 3.89. The first-order valence-corrected chi connectivity index (χ1v) is 5.39. The van der Waals surface area contributed by atoms with Gasteiger partial charge in [-0.2, -0.15) is 0 Å². The van der Waals surface area contributed by atoms with Crippen LogP contribution in [-0.4, -0.2) is 5.88 Å². The molecule has 1 heteroatoms. The SMILES string of the molecule is Cc1c(CCCl)ccc2ccccc12. The van der Waals surface area contributed by atoms with Gasteiger partial charge in [0, 0.05) is 5.88 Å². The van der Waals surface area contributed by atoms with Crippen molar-refractivity contribution in [3.63, 3.8) is 0 Å². The van der Waals surface area contributed by atoms with Gasteiger partial charge in [0.05, 0.1) is 0 Å². The lowest BCUT2D eigenvalue weighted by Crippen LogP contribution is -1.91. The number of aryl methyl sites for hydroxylation is 2. The first-order valence-electron chi connectivity index (χ1n) is 4.86. The van der Waals surface area contributed by atoms with Crippen LogP contribution in [0.3, 0.4) is 0 Å². The van der Waals surface area contributed by atoms with Gasteiger partial charge in [-0.15, -0.1) is 11.6 Å². The molecule has 0 nitrogen and oxygen atoms in total. The van der Waals surface area contributed by atoms with Crippen LogP contribution in [0.2, 0.25) is 0 Å². The summed E-state index contributed by atoms with van der Waals surface area (Å²) in [7, 11) is 0. The molecule has 0 radical (unpaired) electrons. The highest BCUT2D eigenvalue weighted by molar-refractivity contribution is 6.18. The molecule has 0 aliphatic heterocycles. The van der Waals surface area contributed by atoms with E-state index in [1.807, 2.05) is 0 Å². The van der Waals surface area contributed by atoms with Crippen molar-refractivity contribution in [2.45, 2.75) is 13.3 Å². The molecule has 0 bridgehead atoms. The van der Waals surface area contributed by atoms with Crippen molar-refractivity contribution in [2.24, 2.45) is 0 Å². The Bertz CT molecular complexity index is 446. The fourth-order valence-electron chi connectivity index (χ4n) is 1.84. The highest BCUT2D eigenvalue weighted by Gasteiger charge is 2.01. The molecule has 0 fully saturated rings. The van der Waals surface area contributed by atoms with Gasteiger partial charge in [-0.3, -0.25) is 0 Å². The third kappa shape index (κ3) is 1.62. The Kier molecular flexibility index (Phi) is 2.74. The van der Waals surface area contributed by atoms with Crippen LogP contribution in [0.4, 0.5) is 0 Å². The summed E-state index contributed by atoms with van der Waals surface area (Å²) in [6, 6.07) is 12.8. The predicted molar refractivity (Wildman–Crippen MR) is 63.1 cm³/mol. The minimum absolute atomic E-state index is 0.694. The van der Waals surface area contributed by atoms with Gasteiger partial charge in [-0.05, 0) is 35.2 Å². The molecule has 0 atom stereocenters. The Hall–Kier alpha value is -1.01. The molecule has 0 saturated carbocycles. The largest absolute Gasteiger partial charge is 0.126 e. The van der Waals surface area contributed by atoms with Gasteiger partial charge in [-0.1, -0.05) is 36.4 Å². The molecule has 2 rings (SSSR count). The molecule has 0 aliphatic carbocycles. The van der Waals surface area contributed by atoms with Crippen LogP contribution in [-0.2, 0) is 6.42 Å². The van der Waals surface area contributed by atoms with E-state index in [0.717, 1.165) is 6.42 Å². The average Bonchev–Trinajstić information content (AvgIpc) is 2.23. The normalized spacial score (nSPS) is 10.7. The van der Waals surface area contributed by atoms with E-state index >= 15 is 0 Å². The third-order valence-corrected chi connectivity index (χ3v) is 2.86. The van der Waals surface area contributed by atoms with Crippen LogP contribution in [0.25, 0.3) is 10.8 Å². The number of hydrogen-bond donors (Lipinski definition) is 0. The minimum atomic E-state index is 0.694. The van der Waals surface area contributed by atoms with Crippen LogP contribution in [0, 0.1) is 6.92 Å². The number of fused-ring (bicyclic) bond motifs is 1. The van der Waals surface area contributed by atoms with Crippen LogP contribution in [0.15, 0.2) is 36.4 Å². The zero-order valence-corrected chi connectivity index (χ0v) is 9.01. The van der Waals surface area contributed by atoms with E-state index in [-0.39, 0.29) is 0 Å². The highest BCUT2D eigenvalue weighted by atomic mass is 35.5. The summed E-state index contributed by atoms with van der Waals surface area (Å²) in [5, 5.41) is 2.65. The molecule has 0 aromatic heterocycles. The lowest BCUT2D eigenvalue weighted by molar-refractivity contribution is 1.13. The Morgan fingerprint density at radius 2 is 1.86 bits per heavy atom. The van der Waals surface area contributed by atoms with Gasteiger partial charge in [0.2, 0.25) is 0 Å². The number of alkyl halides is 1. The van der Waals surface area contributed by atoms with Crippen LogP contribution in [0.5, 0.6) is 0 Å². The topological polar surface area (TPSA) is 0 Å². The maximum atomic E-state index is 5.76. The Morgan fingerprint density at radius 1 is 1.07 bits per heavy atom. The summed E-state index contributed by atoms with van der Waals surface area (Å²) in [5.41, 5.74) is 2.72. The van der Waals surface area contributed by atoms with Crippen molar-refractivity contribution in [2.75, 3.05) is 5.88 Å². The molecule has 0 aliphatic rings. The lowest BCUT2D eigenvalue weighted by Gasteiger charge is -2.07. The summed E-state index contributed by atoms with van der Waals surface area (Å²) in [6.07, 6.45) is 0.957. The second kappa shape index (κ2) is 4.02. The number of rotatable bonds is 2. The van der Waals surface area contributed by atoms with Gasteiger partial charge in [0.25, 0.3) is 0 Å². The third-order valence-electron chi connectivity index (χ3n) is 2.67. The van der Waals surface area contributed by atoms with E-state index in [2.05, 4.69) is 43.3 Å². The van der Waals surface area contributed by atoms with Crippen molar-refractivity contribution in [1.29, 1.82) is 0 Å². The maximum Gasteiger partial charge on any atom is 0.0264 e. The van der Waals surface area contributed by atoms with Gasteiger partial charge in [0.1, 0.15) is 0 Å². The molecule has 0 N–H and O–H groups in total. The van der Waals surface area contributed by atoms with Crippen molar-refractivity contribution in [3.05, 3.63) is 47.5 Å². The standard InChI is InChI=1S/C13H13Cl/c1-10-11(8-9-14)6-7-12-4-2-3-5-13(10)12/h2-7H,8-9H2,1H3. The molecule has 0 heterocycles. The van der Waals surface area contributed by atoms with Crippen molar-refractivity contribution >= 4 is 22.4 Å². The van der Waals surface area contributed by atoms with E-state index in [0.29, 0.717) is 5.88 Å². The first-order chi connectivity index (χ1) is 6.83. The number of halogens is 1. The molecular weight excluding hydrogens is 192 g/mol. The Labute approximate surface area is 89.5 Å². The van der Waals surface area contributed by atoms with E-state index in [1.54, 1.807) is 0 Å². The molecule has 0 saturated heterocycles. The molecule has 0 amide bonds. The molecule has 14 heavy (non-hydrogen) atoms. The summed E-state index contributed by atoms with van der Waals surface area (Å²) >= 11 is 5.76. The molecule has 72 valence electrons. The van der Waals surface area contributed by atoms with Gasteiger partial charge < -0.3 is 0 Å². The molecule has 0 unspecified atom stereocenters. The van der Waals surface area contributed by atoms with Gasteiger partial charge in [-0.25, -0.2) is 0 Å². The molecular formula is C13H13Cl. The highest BCUT2D eigenvalue weighted by Crippen LogP contribution is 2.21. The predicted octanol–water partition coefficient (Wildman–Crippen LogP) is 3.93. The van der Waals surface area contributed by atoms with E-state index in [1.165, 1.54) is 21.9 Å². The van der Waals surface area contributed by atoms with Crippen molar-refractivity contribution < 1.29 is 0 Å². The van der Waals surface area contributed by atoms with Gasteiger partial charge >= 0.3 is 0 Å². The Balaban J connectivity index is 2.63. The van der Waals surface area contributed by atoms with E-state index in [9.17, 15) is 0 Å². The quantitative estimate of drug-likeness (QED) is 0.651. The van der Waals surface area contributed by atoms with E-state index in [4.69, 9.17) is 11.6 Å². The minimum Gasteiger partial charge on any atom is -0.126 e. The molecule has 0 spiro atoms. The van der Waals surface area contributed by atoms with E-state index < -0.39 is 0 Å². The summed E-state index contributed by atoms with van der Waals surface area (Å²) in [5.74, 6) is 0.694. The molecule has 2 aromatic carbocycles. The number of hydrogen-bond acceptors (Lipinski definition) is 0. The van der Waals surface area contributed by atoms with Gasteiger partial charge in [0.15, 0.2) is 0 Å². The summed E-state index contributed by atoms with van der Waals surface area (Å²) in [6.45, 7) is 2.17. The van der Waals surface area contributed by atoms with Crippen LogP contribution >= 0.6 is 11.6 Å². The summed E-state index contributed by atoms with van der Waals surface area (Å²) < 4.78 is 0. The first kappa shape index (κ1) is 9.54. The monoisotopic (exact) mass is 204 g/mol. The maximum absolute atomic E-state index is 5.76. The lowest BCUT2D eigenvalue weighted by atomic mass is 9.99. The average molecular weight is 205 g/mol. The fraction of sp³-hybridized carbons (Fsp3) is 0.231.